The van der Waals surface area contributed by atoms with E-state index in [2.05, 4.69) is 27.9 Å². The van der Waals surface area contributed by atoms with Gasteiger partial charge in [0.15, 0.2) is 0 Å². The van der Waals surface area contributed by atoms with Gasteiger partial charge in [0.2, 0.25) is 0 Å². The summed E-state index contributed by atoms with van der Waals surface area (Å²) in [4.78, 5) is 23.6. The maximum absolute atomic E-state index is 12.2. The molecule has 4 nitrogen and oxygen atoms in total. The van der Waals surface area contributed by atoms with Gasteiger partial charge >= 0.3 is 5.97 Å². The van der Waals surface area contributed by atoms with Crippen molar-refractivity contribution in [3.05, 3.63) is 32.4 Å². The quantitative estimate of drug-likeness (QED) is 0.601. The summed E-state index contributed by atoms with van der Waals surface area (Å²) in [6.45, 7) is 0. The van der Waals surface area contributed by atoms with Crippen LogP contribution in [0.25, 0.3) is 0 Å². The largest absolute Gasteiger partial charge is 0.469 e. The Morgan fingerprint density at radius 1 is 1.29 bits per heavy atom. The van der Waals surface area contributed by atoms with E-state index in [1.165, 1.54) is 7.11 Å². The molecule has 0 unspecified atom stereocenters. The Balaban J connectivity index is 1.89. The second-order valence-corrected chi connectivity index (χ2v) is 6.74. The molecule has 0 saturated heterocycles. The van der Waals surface area contributed by atoms with E-state index in [0.29, 0.717) is 10.6 Å². The third kappa shape index (κ3) is 4.32. The molecule has 0 aliphatic heterocycles. The number of hydrogen-bond acceptors (Lipinski definition) is 3. The first-order valence-electron chi connectivity index (χ1n) is 6.85. The lowest BCUT2D eigenvalue weighted by Crippen LogP contribution is -2.38. The molecule has 1 aromatic carbocycles. The number of ether oxygens (including phenoxy) is 1. The van der Waals surface area contributed by atoms with Crippen LogP contribution in [0.1, 0.15) is 36.0 Å². The molecule has 21 heavy (non-hydrogen) atoms. The molecule has 114 valence electrons. The highest BCUT2D eigenvalue weighted by molar-refractivity contribution is 14.1. The summed E-state index contributed by atoms with van der Waals surface area (Å²) in [7, 11) is 1.41. The first-order valence-corrected chi connectivity index (χ1v) is 8.30. The molecule has 1 aliphatic carbocycles. The third-order valence-corrected chi connectivity index (χ3v) is 5.35. The Hall–Kier alpha value is -0.820. The highest BCUT2D eigenvalue weighted by atomic mass is 127. The molecule has 1 aliphatic rings. The number of rotatable bonds is 3. The van der Waals surface area contributed by atoms with Gasteiger partial charge in [-0.3, -0.25) is 9.59 Å². The molecule has 1 fully saturated rings. The van der Waals surface area contributed by atoms with Crippen molar-refractivity contribution < 1.29 is 14.3 Å². The molecule has 6 heteroatoms. The second kappa shape index (κ2) is 7.45. The first kappa shape index (κ1) is 16.5. The fourth-order valence-electron chi connectivity index (χ4n) is 2.55. The normalized spacial score (nSPS) is 21.7. The molecular formula is C15H17ClINO3. The van der Waals surface area contributed by atoms with Crippen molar-refractivity contribution in [2.75, 3.05) is 7.11 Å². The Morgan fingerprint density at radius 3 is 2.52 bits per heavy atom. The zero-order chi connectivity index (χ0) is 15.4. The summed E-state index contributed by atoms with van der Waals surface area (Å²) < 4.78 is 5.68. The van der Waals surface area contributed by atoms with Gasteiger partial charge in [-0.1, -0.05) is 11.6 Å². The smallest absolute Gasteiger partial charge is 0.308 e. The van der Waals surface area contributed by atoms with Gasteiger partial charge < -0.3 is 10.1 Å². The lowest BCUT2D eigenvalue weighted by Gasteiger charge is -2.27. The van der Waals surface area contributed by atoms with E-state index >= 15 is 0 Å². The minimum atomic E-state index is -0.149. The van der Waals surface area contributed by atoms with Crippen LogP contribution in [-0.2, 0) is 9.53 Å². The number of esters is 1. The minimum absolute atomic E-state index is 0.0316. The molecule has 0 heterocycles. The molecular weight excluding hydrogens is 405 g/mol. The van der Waals surface area contributed by atoms with Crippen LogP contribution in [0.2, 0.25) is 5.02 Å². The van der Waals surface area contributed by atoms with Gasteiger partial charge in [-0.05, 0) is 66.5 Å². The lowest BCUT2D eigenvalue weighted by molar-refractivity contribution is -0.146. The third-order valence-electron chi connectivity index (χ3n) is 3.78. The number of nitrogens with one attached hydrogen (secondary N) is 1. The van der Waals surface area contributed by atoms with Gasteiger partial charge in [-0.25, -0.2) is 0 Å². The Bertz CT molecular complexity index is 542. The average Bonchev–Trinajstić information content (AvgIpc) is 2.50. The molecule has 1 aromatic rings. The van der Waals surface area contributed by atoms with Crippen molar-refractivity contribution in [3.63, 3.8) is 0 Å². The van der Waals surface area contributed by atoms with Crippen LogP contribution in [0.3, 0.4) is 0 Å². The fourth-order valence-corrected chi connectivity index (χ4v) is 3.06. The van der Waals surface area contributed by atoms with E-state index < -0.39 is 0 Å². The predicted molar refractivity (Wildman–Crippen MR) is 89.4 cm³/mol. The van der Waals surface area contributed by atoms with Gasteiger partial charge in [-0.15, -0.1) is 0 Å². The van der Waals surface area contributed by atoms with Crippen molar-refractivity contribution in [2.45, 2.75) is 31.7 Å². The number of benzene rings is 1. The molecule has 1 amide bonds. The summed E-state index contributed by atoms with van der Waals surface area (Å²) in [6, 6.07) is 5.38. The van der Waals surface area contributed by atoms with E-state index in [0.717, 1.165) is 29.3 Å². The van der Waals surface area contributed by atoms with E-state index in [-0.39, 0.29) is 23.8 Å². The lowest BCUT2D eigenvalue weighted by atomic mass is 9.86. The zero-order valence-corrected chi connectivity index (χ0v) is 14.6. The predicted octanol–water partition coefficient (Wildman–Crippen LogP) is 3.41. The Morgan fingerprint density at radius 2 is 1.95 bits per heavy atom. The summed E-state index contributed by atoms with van der Waals surface area (Å²) in [5, 5.41) is 3.59. The molecule has 1 saturated carbocycles. The van der Waals surface area contributed by atoms with Crippen LogP contribution >= 0.6 is 34.2 Å². The minimum Gasteiger partial charge on any atom is -0.469 e. The van der Waals surface area contributed by atoms with E-state index in [9.17, 15) is 9.59 Å². The number of halogens is 2. The second-order valence-electron chi connectivity index (χ2n) is 5.17. The molecule has 2 rings (SSSR count). The fraction of sp³-hybridized carbons (Fsp3) is 0.467. The Labute approximate surface area is 142 Å². The van der Waals surface area contributed by atoms with Gasteiger partial charge in [0, 0.05) is 15.2 Å². The SMILES string of the molecule is COC(=O)C1CCC(NC(=O)c2ccc(I)c(Cl)c2)CC1. The van der Waals surface area contributed by atoms with Crippen molar-refractivity contribution in [1.82, 2.24) is 5.32 Å². The van der Waals surface area contributed by atoms with Gasteiger partial charge in [-0.2, -0.15) is 0 Å². The molecule has 1 N–H and O–H groups in total. The van der Waals surface area contributed by atoms with Gasteiger partial charge in [0.05, 0.1) is 18.1 Å². The van der Waals surface area contributed by atoms with E-state index in [4.69, 9.17) is 16.3 Å². The van der Waals surface area contributed by atoms with Gasteiger partial charge in [0.1, 0.15) is 0 Å². The molecule has 0 radical (unpaired) electrons. The standard InChI is InChI=1S/C15H17ClINO3/c1-21-15(20)9-2-5-11(6-3-9)18-14(19)10-4-7-13(17)12(16)8-10/h4,7-9,11H,2-3,5-6H2,1H3,(H,18,19). The maximum Gasteiger partial charge on any atom is 0.308 e. The van der Waals surface area contributed by atoms with Gasteiger partial charge in [0.25, 0.3) is 5.91 Å². The monoisotopic (exact) mass is 421 g/mol. The van der Waals surface area contributed by atoms with Crippen molar-refractivity contribution in [1.29, 1.82) is 0 Å². The zero-order valence-electron chi connectivity index (χ0n) is 11.7. The van der Waals surface area contributed by atoms with Crippen LogP contribution in [0.15, 0.2) is 18.2 Å². The van der Waals surface area contributed by atoms with E-state index in [1.807, 2.05) is 6.07 Å². The van der Waals surface area contributed by atoms with Crippen molar-refractivity contribution in [3.8, 4) is 0 Å². The molecule has 0 spiro atoms. The van der Waals surface area contributed by atoms with Crippen LogP contribution in [-0.4, -0.2) is 25.0 Å². The van der Waals surface area contributed by atoms with Crippen LogP contribution in [0, 0.1) is 9.49 Å². The van der Waals surface area contributed by atoms with E-state index in [1.54, 1.807) is 12.1 Å². The summed E-state index contributed by atoms with van der Waals surface area (Å²) in [6.07, 6.45) is 3.10. The molecule has 0 aromatic heterocycles. The number of hydrogen-bond donors (Lipinski definition) is 1. The van der Waals surface area contributed by atoms with Crippen LogP contribution in [0.4, 0.5) is 0 Å². The number of amides is 1. The highest BCUT2D eigenvalue weighted by Gasteiger charge is 2.27. The van der Waals surface area contributed by atoms with Crippen LogP contribution < -0.4 is 5.32 Å². The summed E-state index contributed by atoms with van der Waals surface area (Å²) in [5.41, 5.74) is 0.565. The summed E-state index contributed by atoms with van der Waals surface area (Å²) in [5.74, 6) is -0.296. The molecule has 0 bridgehead atoms. The number of carbonyl (C=O) groups excluding carboxylic acids is 2. The van der Waals surface area contributed by atoms with Crippen molar-refractivity contribution >= 4 is 46.1 Å². The number of methoxy groups -OCH3 is 1. The first-order chi connectivity index (χ1) is 10.0. The molecule has 0 atom stereocenters. The average molecular weight is 422 g/mol. The van der Waals surface area contributed by atoms with Crippen molar-refractivity contribution in [2.24, 2.45) is 5.92 Å². The Kier molecular flexibility index (Phi) is 5.87. The highest BCUT2D eigenvalue weighted by Crippen LogP contribution is 2.26. The maximum atomic E-state index is 12.2. The van der Waals surface area contributed by atoms with Crippen LogP contribution in [0.5, 0.6) is 0 Å². The summed E-state index contributed by atoms with van der Waals surface area (Å²) >= 11 is 8.16. The number of carbonyl (C=O) groups is 2. The topological polar surface area (TPSA) is 55.4 Å².